The summed E-state index contributed by atoms with van der Waals surface area (Å²) in [5.41, 5.74) is 0.462. The Kier molecular flexibility index (Phi) is 4.08. The highest BCUT2D eigenvalue weighted by Crippen LogP contribution is 2.31. The Morgan fingerprint density at radius 1 is 1.13 bits per heavy atom. The second-order valence-electron chi connectivity index (χ2n) is 4.99. The number of rotatable bonds is 3. The average molecular weight is 395 g/mol. The van der Waals surface area contributed by atoms with Crippen LogP contribution in [0.25, 0.3) is 10.8 Å². The van der Waals surface area contributed by atoms with Crippen molar-refractivity contribution in [1.82, 2.24) is 4.98 Å². The number of fused-ring (bicyclic) bond motifs is 1. The quantitative estimate of drug-likeness (QED) is 0.722. The maximum absolute atomic E-state index is 13.6. The van der Waals surface area contributed by atoms with E-state index in [1.165, 1.54) is 37.4 Å². The molecule has 0 aliphatic heterocycles. The third-order valence-electron chi connectivity index (χ3n) is 3.50. The Morgan fingerprint density at radius 2 is 1.87 bits per heavy atom. The van der Waals surface area contributed by atoms with Gasteiger partial charge in [-0.1, -0.05) is 18.2 Å². The first-order valence-corrected chi connectivity index (χ1v) is 8.98. The molecule has 1 N–H and O–H groups in total. The van der Waals surface area contributed by atoms with Crippen LogP contribution in [0.1, 0.15) is 5.56 Å². The molecule has 1 heterocycles. The van der Waals surface area contributed by atoms with Crippen LogP contribution in [0, 0.1) is 12.7 Å². The van der Waals surface area contributed by atoms with E-state index < -0.39 is 15.8 Å². The van der Waals surface area contributed by atoms with Gasteiger partial charge in [-0.05, 0) is 41.1 Å². The second-order valence-corrected chi connectivity index (χ2v) is 7.50. The summed E-state index contributed by atoms with van der Waals surface area (Å²) in [7, 11) is -3.88. The predicted octanol–water partition coefficient (Wildman–Crippen LogP) is 4.25. The number of hydrogen-bond acceptors (Lipinski definition) is 3. The molecule has 0 amide bonds. The molecule has 2 aromatic carbocycles. The van der Waals surface area contributed by atoms with Crippen LogP contribution >= 0.6 is 15.9 Å². The first-order valence-electron chi connectivity index (χ1n) is 6.70. The molecular formula is C16H12BrFN2O2S. The molecule has 0 unspecified atom stereocenters. The number of sulfonamides is 1. The highest BCUT2D eigenvalue weighted by molar-refractivity contribution is 9.10. The minimum atomic E-state index is -3.88. The Morgan fingerprint density at radius 3 is 2.65 bits per heavy atom. The van der Waals surface area contributed by atoms with Gasteiger partial charge in [-0.3, -0.25) is 9.71 Å². The molecular weight excluding hydrogens is 383 g/mol. The Balaban J connectivity index is 2.16. The Bertz CT molecular complexity index is 1000. The van der Waals surface area contributed by atoms with E-state index in [2.05, 4.69) is 25.6 Å². The Labute approximate surface area is 141 Å². The van der Waals surface area contributed by atoms with Crippen molar-refractivity contribution in [3.8, 4) is 0 Å². The number of nitrogens with one attached hydrogen (secondary N) is 1. The molecule has 1 aromatic heterocycles. The lowest BCUT2D eigenvalue weighted by Gasteiger charge is -2.13. The lowest BCUT2D eigenvalue weighted by molar-refractivity contribution is 0.601. The summed E-state index contributed by atoms with van der Waals surface area (Å²) in [6.07, 6.45) is 3.13. The molecule has 23 heavy (non-hydrogen) atoms. The van der Waals surface area contributed by atoms with E-state index in [0.717, 1.165) is 0 Å². The number of anilines is 1. The predicted molar refractivity (Wildman–Crippen MR) is 91.4 cm³/mol. The van der Waals surface area contributed by atoms with E-state index in [9.17, 15) is 12.8 Å². The number of nitrogens with zero attached hydrogens (tertiary/aromatic N) is 1. The van der Waals surface area contributed by atoms with Gasteiger partial charge < -0.3 is 0 Å². The average Bonchev–Trinajstić information content (AvgIpc) is 2.51. The number of hydrogen-bond donors (Lipinski definition) is 1. The second kappa shape index (κ2) is 5.90. The van der Waals surface area contributed by atoms with E-state index in [-0.39, 0.29) is 16.1 Å². The van der Waals surface area contributed by atoms with Crippen molar-refractivity contribution >= 4 is 42.4 Å². The van der Waals surface area contributed by atoms with Gasteiger partial charge in [0.1, 0.15) is 5.82 Å². The van der Waals surface area contributed by atoms with Crippen molar-refractivity contribution in [3.63, 3.8) is 0 Å². The minimum absolute atomic E-state index is 0.105. The fourth-order valence-corrected chi connectivity index (χ4v) is 4.37. The van der Waals surface area contributed by atoms with E-state index in [0.29, 0.717) is 15.2 Å². The van der Waals surface area contributed by atoms with Gasteiger partial charge in [-0.15, -0.1) is 0 Å². The highest BCUT2D eigenvalue weighted by atomic mass is 79.9. The summed E-state index contributed by atoms with van der Waals surface area (Å²) in [4.78, 5) is 4.14. The van der Waals surface area contributed by atoms with Crippen LogP contribution in [0.5, 0.6) is 0 Å². The third-order valence-corrected chi connectivity index (χ3v) is 5.51. The molecule has 0 fully saturated rings. The van der Waals surface area contributed by atoms with E-state index in [4.69, 9.17) is 0 Å². The molecule has 0 atom stereocenters. The molecule has 3 aromatic rings. The zero-order chi connectivity index (χ0) is 16.6. The zero-order valence-electron chi connectivity index (χ0n) is 12.0. The molecule has 0 bridgehead atoms. The number of pyridine rings is 1. The van der Waals surface area contributed by atoms with Gasteiger partial charge in [0.2, 0.25) is 0 Å². The molecule has 118 valence electrons. The summed E-state index contributed by atoms with van der Waals surface area (Å²) >= 11 is 3.34. The molecule has 3 rings (SSSR count). The maximum atomic E-state index is 13.6. The van der Waals surface area contributed by atoms with Crippen LogP contribution in [0.4, 0.5) is 10.1 Å². The standard InChI is InChI=1S/C16H12BrFN2O2S/c1-10-13(18)5-3-6-14(10)20-23(21,22)15-7-2-4-11-8-19-9-12(17)16(11)15/h2-9,20H,1H3. The van der Waals surface area contributed by atoms with Crippen molar-refractivity contribution in [3.05, 3.63) is 64.6 Å². The van der Waals surface area contributed by atoms with E-state index >= 15 is 0 Å². The molecule has 0 saturated heterocycles. The van der Waals surface area contributed by atoms with Crippen molar-refractivity contribution in [2.45, 2.75) is 11.8 Å². The first kappa shape index (κ1) is 15.9. The van der Waals surface area contributed by atoms with Gasteiger partial charge in [0.15, 0.2) is 0 Å². The van der Waals surface area contributed by atoms with Gasteiger partial charge in [-0.25, -0.2) is 12.8 Å². The SMILES string of the molecule is Cc1c(F)cccc1NS(=O)(=O)c1cccc2cncc(Br)c12. The monoisotopic (exact) mass is 394 g/mol. The summed E-state index contributed by atoms with van der Waals surface area (Å²) < 4.78 is 42.2. The van der Waals surface area contributed by atoms with Gasteiger partial charge in [-0.2, -0.15) is 0 Å². The normalized spacial score (nSPS) is 11.6. The molecule has 0 spiro atoms. The molecule has 7 heteroatoms. The molecule has 0 aliphatic carbocycles. The lowest BCUT2D eigenvalue weighted by atomic mass is 10.2. The van der Waals surface area contributed by atoms with Gasteiger partial charge >= 0.3 is 0 Å². The summed E-state index contributed by atoms with van der Waals surface area (Å²) in [5, 5.41) is 1.22. The smallest absolute Gasteiger partial charge is 0.262 e. The van der Waals surface area contributed by atoms with Crippen LogP contribution in [-0.2, 0) is 10.0 Å². The summed E-state index contributed by atoms with van der Waals surface area (Å²) in [6, 6.07) is 9.20. The van der Waals surface area contributed by atoms with E-state index in [1.54, 1.807) is 18.3 Å². The van der Waals surface area contributed by atoms with Gasteiger partial charge in [0, 0.05) is 33.2 Å². The Hall–Kier alpha value is -1.99. The first-order chi connectivity index (χ1) is 10.9. The zero-order valence-corrected chi connectivity index (χ0v) is 14.4. The van der Waals surface area contributed by atoms with Crippen molar-refractivity contribution in [2.75, 3.05) is 4.72 Å². The van der Waals surface area contributed by atoms with Gasteiger partial charge in [0.05, 0.1) is 10.6 Å². The van der Waals surface area contributed by atoms with Crippen molar-refractivity contribution in [2.24, 2.45) is 0 Å². The number of aromatic nitrogens is 1. The van der Waals surface area contributed by atoms with Crippen molar-refractivity contribution in [1.29, 1.82) is 0 Å². The molecule has 0 saturated carbocycles. The van der Waals surface area contributed by atoms with Crippen LogP contribution in [0.2, 0.25) is 0 Å². The maximum Gasteiger partial charge on any atom is 0.262 e. The number of halogens is 2. The fraction of sp³-hybridized carbons (Fsp3) is 0.0625. The summed E-state index contributed by atoms with van der Waals surface area (Å²) in [6.45, 7) is 1.52. The van der Waals surface area contributed by atoms with Crippen LogP contribution in [0.15, 0.2) is 58.2 Å². The lowest BCUT2D eigenvalue weighted by Crippen LogP contribution is -2.14. The third kappa shape index (κ3) is 2.94. The van der Waals surface area contributed by atoms with Crippen molar-refractivity contribution < 1.29 is 12.8 Å². The summed E-state index contributed by atoms with van der Waals surface area (Å²) in [5.74, 6) is -0.464. The minimum Gasteiger partial charge on any atom is -0.279 e. The van der Waals surface area contributed by atoms with E-state index in [1.807, 2.05) is 0 Å². The molecule has 4 nitrogen and oxygen atoms in total. The molecule has 0 radical (unpaired) electrons. The number of benzene rings is 2. The highest BCUT2D eigenvalue weighted by Gasteiger charge is 2.20. The fourth-order valence-electron chi connectivity index (χ4n) is 2.30. The van der Waals surface area contributed by atoms with Crippen LogP contribution in [-0.4, -0.2) is 13.4 Å². The topological polar surface area (TPSA) is 59.1 Å². The van der Waals surface area contributed by atoms with Crippen LogP contribution in [0.3, 0.4) is 0 Å². The largest absolute Gasteiger partial charge is 0.279 e. The molecule has 0 aliphatic rings. The van der Waals surface area contributed by atoms with Gasteiger partial charge in [0.25, 0.3) is 10.0 Å². The van der Waals surface area contributed by atoms with Crippen LogP contribution < -0.4 is 4.72 Å².